The molecule has 6 heteroatoms. The minimum Gasteiger partial charge on any atom is -0.456 e. The van der Waals surface area contributed by atoms with Crippen molar-refractivity contribution in [2.45, 2.75) is 19.4 Å². The van der Waals surface area contributed by atoms with Crippen LogP contribution in [0.25, 0.3) is 0 Å². The fourth-order valence-electron chi connectivity index (χ4n) is 1.75. The molecule has 0 aliphatic carbocycles. The van der Waals surface area contributed by atoms with Crippen molar-refractivity contribution in [3.8, 4) is 0 Å². The number of thiophene rings is 1. The summed E-state index contributed by atoms with van der Waals surface area (Å²) in [7, 11) is 0. The number of halogens is 1. The number of carbonyl (C=O) groups is 2. The highest BCUT2D eigenvalue weighted by Gasteiger charge is 2.08. The Morgan fingerprint density at radius 2 is 1.91 bits per heavy atom. The zero-order valence-corrected chi connectivity index (χ0v) is 12.7. The number of hydrogen-bond acceptors (Lipinski definition) is 4. The summed E-state index contributed by atoms with van der Waals surface area (Å²) in [4.78, 5) is 23.1. The second-order valence-corrected chi connectivity index (χ2v) is 5.48. The van der Waals surface area contributed by atoms with E-state index in [1.807, 2.05) is 16.8 Å². The molecule has 0 unspecified atom stereocenters. The number of amides is 1. The smallest absolute Gasteiger partial charge is 0.306 e. The average Bonchev–Trinajstić information content (AvgIpc) is 3.04. The first-order valence-electron chi connectivity index (χ1n) is 6.81. The Balaban J connectivity index is 1.62. The number of carbonyl (C=O) groups excluding carboxylic acids is 2. The lowest BCUT2D eigenvalue weighted by atomic mass is 10.2. The number of hydrogen-bond donors (Lipinski definition) is 1. The van der Waals surface area contributed by atoms with Crippen molar-refractivity contribution in [1.82, 2.24) is 5.32 Å². The van der Waals surface area contributed by atoms with Crippen LogP contribution in [0.1, 0.15) is 17.5 Å². The summed E-state index contributed by atoms with van der Waals surface area (Å²) in [5.41, 5.74) is 1.86. The predicted octanol–water partition coefficient (Wildman–Crippen LogP) is 2.68. The topological polar surface area (TPSA) is 55.4 Å². The third-order valence-electron chi connectivity index (χ3n) is 2.97. The molecule has 0 aliphatic rings. The van der Waals surface area contributed by atoms with Gasteiger partial charge in [-0.15, -0.1) is 0 Å². The van der Waals surface area contributed by atoms with Crippen molar-refractivity contribution in [3.63, 3.8) is 0 Å². The number of ether oxygens (including phenoxy) is 1. The molecule has 0 atom stereocenters. The highest BCUT2D eigenvalue weighted by atomic mass is 32.1. The maximum absolute atomic E-state index is 12.7. The highest BCUT2D eigenvalue weighted by molar-refractivity contribution is 7.07. The fraction of sp³-hybridized carbons (Fsp3) is 0.250. The molecule has 0 saturated heterocycles. The lowest BCUT2D eigenvalue weighted by Gasteiger charge is -2.06. The Morgan fingerprint density at radius 3 is 2.59 bits per heavy atom. The Bertz CT molecular complexity index is 611. The largest absolute Gasteiger partial charge is 0.456 e. The summed E-state index contributed by atoms with van der Waals surface area (Å²) in [6, 6.07) is 7.77. The van der Waals surface area contributed by atoms with Gasteiger partial charge >= 0.3 is 5.97 Å². The second-order valence-electron chi connectivity index (χ2n) is 4.70. The molecule has 0 aliphatic heterocycles. The molecule has 116 valence electrons. The van der Waals surface area contributed by atoms with E-state index < -0.39 is 5.97 Å². The first-order chi connectivity index (χ1) is 10.6. The van der Waals surface area contributed by atoms with Gasteiger partial charge in [0.25, 0.3) is 5.91 Å². The van der Waals surface area contributed by atoms with Crippen LogP contribution >= 0.6 is 11.3 Å². The number of nitrogens with one attached hydrogen (secondary N) is 1. The van der Waals surface area contributed by atoms with E-state index in [9.17, 15) is 14.0 Å². The standard InChI is InChI=1S/C16H16FNO3S/c17-14-4-1-12(2-5-14)9-18-15(19)10-21-16(20)6-3-13-7-8-22-11-13/h1-2,4-5,7-8,11H,3,6,9-10H2,(H,18,19). The van der Waals surface area contributed by atoms with Gasteiger partial charge in [0.1, 0.15) is 5.82 Å². The summed E-state index contributed by atoms with van der Waals surface area (Å²) < 4.78 is 17.6. The Labute approximate surface area is 131 Å². The molecule has 2 aromatic rings. The fourth-order valence-corrected chi connectivity index (χ4v) is 2.46. The average molecular weight is 321 g/mol. The van der Waals surface area contributed by atoms with E-state index >= 15 is 0 Å². The van der Waals surface area contributed by atoms with Gasteiger partial charge in [0.15, 0.2) is 6.61 Å². The first kappa shape index (κ1) is 16.2. The van der Waals surface area contributed by atoms with Crippen molar-refractivity contribution in [1.29, 1.82) is 0 Å². The number of aryl methyl sites for hydroxylation is 1. The molecule has 0 bridgehead atoms. The third kappa shape index (κ3) is 5.65. The summed E-state index contributed by atoms with van der Waals surface area (Å²) >= 11 is 1.58. The Hall–Kier alpha value is -2.21. The van der Waals surface area contributed by atoms with Gasteiger partial charge in [-0.2, -0.15) is 11.3 Å². The molecule has 4 nitrogen and oxygen atoms in total. The van der Waals surface area contributed by atoms with Crippen molar-refractivity contribution in [2.24, 2.45) is 0 Å². The van der Waals surface area contributed by atoms with Crippen LogP contribution < -0.4 is 5.32 Å². The quantitative estimate of drug-likeness (QED) is 0.798. The minimum atomic E-state index is -0.400. The molecule has 0 fully saturated rings. The summed E-state index contributed by atoms with van der Waals surface area (Å²) in [5.74, 6) is -1.11. The van der Waals surface area contributed by atoms with E-state index in [-0.39, 0.29) is 31.3 Å². The summed E-state index contributed by atoms with van der Waals surface area (Å²) in [6.07, 6.45) is 0.863. The molecular formula is C16H16FNO3S. The van der Waals surface area contributed by atoms with E-state index in [0.717, 1.165) is 11.1 Å². The van der Waals surface area contributed by atoms with Crippen LogP contribution in [0.3, 0.4) is 0 Å². The zero-order valence-electron chi connectivity index (χ0n) is 11.9. The molecule has 22 heavy (non-hydrogen) atoms. The number of rotatable bonds is 7. The van der Waals surface area contributed by atoms with Crippen LogP contribution in [0.2, 0.25) is 0 Å². The van der Waals surface area contributed by atoms with E-state index in [1.165, 1.54) is 12.1 Å². The van der Waals surface area contributed by atoms with E-state index in [2.05, 4.69) is 5.32 Å². The van der Waals surface area contributed by atoms with E-state index in [4.69, 9.17) is 4.74 Å². The number of esters is 1. The Morgan fingerprint density at radius 1 is 1.14 bits per heavy atom. The maximum atomic E-state index is 12.7. The predicted molar refractivity (Wildman–Crippen MR) is 81.8 cm³/mol. The highest BCUT2D eigenvalue weighted by Crippen LogP contribution is 2.08. The summed E-state index contributed by atoms with van der Waals surface area (Å²) in [5, 5.41) is 6.53. The van der Waals surface area contributed by atoms with E-state index in [1.54, 1.807) is 23.5 Å². The molecule has 1 amide bonds. The van der Waals surface area contributed by atoms with Gasteiger partial charge < -0.3 is 10.1 Å². The monoisotopic (exact) mass is 321 g/mol. The molecular weight excluding hydrogens is 305 g/mol. The van der Waals surface area contributed by atoms with Crippen LogP contribution in [0.4, 0.5) is 4.39 Å². The molecule has 1 aromatic heterocycles. The molecule has 0 radical (unpaired) electrons. The van der Waals surface area contributed by atoms with Crippen LogP contribution in [-0.4, -0.2) is 18.5 Å². The molecule has 0 spiro atoms. The van der Waals surface area contributed by atoms with Crippen molar-refractivity contribution in [2.75, 3.05) is 6.61 Å². The normalized spacial score (nSPS) is 10.2. The van der Waals surface area contributed by atoms with Crippen molar-refractivity contribution in [3.05, 3.63) is 58.0 Å². The van der Waals surface area contributed by atoms with Gasteiger partial charge in [-0.05, 0) is 46.5 Å². The van der Waals surface area contributed by atoms with Crippen molar-refractivity contribution >= 4 is 23.2 Å². The summed E-state index contributed by atoms with van der Waals surface area (Å²) in [6.45, 7) is -0.0325. The number of benzene rings is 1. The van der Waals surface area contributed by atoms with Crippen LogP contribution in [0.15, 0.2) is 41.1 Å². The van der Waals surface area contributed by atoms with Crippen molar-refractivity contribution < 1.29 is 18.7 Å². The van der Waals surface area contributed by atoms with Gasteiger partial charge in [-0.1, -0.05) is 12.1 Å². The molecule has 1 N–H and O–H groups in total. The van der Waals surface area contributed by atoms with Crippen LogP contribution in [-0.2, 0) is 27.3 Å². The molecule has 2 rings (SSSR count). The van der Waals surface area contributed by atoms with Gasteiger partial charge in [-0.25, -0.2) is 4.39 Å². The molecule has 0 saturated carbocycles. The van der Waals surface area contributed by atoms with Crippen LogP contribution in [0, 0.1) is 5.82 Å². The zero-order chi connectivity index (χ0) is 15.8. The third-order valence-corrected chi connectivity index (χ3v) is 3.70. The maximum Gasteiger partial charge on any atom is 0.306 e. The second kappa shape index (κ2) is 8.29. The lowest BCUT2D eigenvalue weighted by molar-refractivity contribution is -0.148. The van der Waals surface area contributed by atoms with Gasteiger partial charge in [0.2, 0.25) is 0 Å². The van der Waals surface area contributed by atoms with Gasteiger partial charge in [-0.3, -0.25) is 9.59 Å². The molecule has 1 aromatic carbocycles. The first-order valence-corrected chi connectivity index (χ1v) is 7.75. The molecule has 1 heterocycles. The minimum absolute atomic E-state index is 0.252. The van der Waals surface area contributed by atoms with Crippen LogP contribution in [0.5, 0.6) is 0 Å². The van der Waals surface area contributed by atoms with Gasteiger partial charge in [0, 0.05) is 13.0 Å². The van der Waals surface area contributed by atoms with Gasteiger partial charge in [0.05, 0.1) is 0 Å². The lowest BCUT2D eigenvalue weighted by Crippen LogP contribution is -2.28. The Kier molecular flexibility index (Phi) is 6.09. The SMILES string of the molecule is O=C(COC(=O)CCc1ccsc1)NCc1ccc(F)cc1. The van der Waals surface area contributed by atoms with E-state index in [0.29, 0.717) is 6.42 Å².